The van der Waals surface area contributed by atoms with Gasteiger partial charge in [-0.05, 0) is 6.04 Å². The summed E-state index contributed by atoms with van der Waals surface area (Å²) in [6, 6.07) is 0.994. The van der Waals surface area contributed by atoms with Crippen LogP contribution >= 0.6 is 0 Å². The average molecular weight is 216 g/mol. The molecular formula is C9H16O4Si. The minimum atomic E-state index is -0.751. The van der Waals surface area contributed by atoms with Crippen molar-refractivity contribution >= 4 is 21.7 Å². The minimum Gasteiger partial charge on any atom is -0.522 e. The van der Waals surface area contributed by atoms with Crippen molar-refractivity contribution in [1.29, 1.82) is 0 Å². The zero-order valence-electron chi connectivity index (χ0n) is 8.62. The SMILES string of the molecule is CCCC[SiH2]OC(=O)/C=C/C(=O)OC. The molecule has 0 aliphatic rings. The topological polar surface area (TPSA) is 52.6 Å². The smallest absolute Gasteiger partial charge is 0.330 e. The molecule has 0 bridgehead atoms. The van der Waals surface area contributed by atoms with Gasteiger partial charge in [0, 0.05) is 12.2 Å². The Hall–Kier alpha value is -1.10. The molecular weight excluding hydrogens is 200 g/mol. The summed E-state index contributed by atoms with van der Waals surface area (Å²) in [7, 11) is 0.507. The lowest BCUT2D eigenvalue weighted by molar-refractivity contribution is -0.135. The standard InChI is InChI=1S/C9H16O4Si/c1-3-4-7-14-13-9(11)6-5-8(10)12-2/h5-6H,3-4,7,14H2,1-2H3/b6-5+. The lowest BCUT2D eigenvalue weighted by Crippen LogP contribution is -2.06. The second kappa shape index (κ2) is 8.49. The van der Waals surface area contributed by atoms with Crippen molar-refractivity contribution in [3.8, 4) is 0 Å². The van der Waals surface area contributed by atoms with Crippen molar-refractivity contribution in [2.45, 2.75) is 25.8 Å². The number of rotatable bonds is 6. The van der Waals surface area contributed by atoms with E-state index in [1.165, 1.54) is 7.11 Å². The van der Waals surface area contributed by atoms with Crippen molar-refractivity contribution in [3.63, 3.8) is 0 Å². The highest BCUT2D eigenvalue weighted by Crippen LogP contribution is 1.94. The van der Waals surface area contributed by atoms with E-state index in [9.17, 15) is 9.59 Å². The summed E-state index contributed by atoms with van der Waals surface area (Å²) in [4.78, 5) is 21.5. The Balaban J connectivity index is 3.55. The van der Waals surface area contributed by atoms with Crippen LogP contribution in [0.2, 0.25) is 6.04 Å². The summed E-state index contributed by atoms with van der Waals surface area (Å²) >= 11 is 0. The first-order chi connectivity index (χ1) is 6.70. The Bertz CT molecular complexity index is 213. The van der Waals surface area contributed by atoms with Crippen LogP contribution in [-0.2, 0) is 18.8 Å². The predicted molar refractivity (Wildman–Crippen MR) is 55.5 cm³/mol. The van der Waals surface area contributed by atoms with Gasteiger partial charge >= 0.3 is 11.9 Å². The van der Waals surface area contributed by atoms with Crippen molar-refractivity contribution in [2.75, 3.05) is 7.11 Å². The molecule has 14 heavy (non-hydrogen) atoms. The van der Waals surface area contributed by atoms with E-state index < -0.39 is 21.7 Å². The Morgan fingerprint density at radius 2 is 1.93 bits per heavy atom. The van der Waals surface area contributed by atoms with Crippen LogP contribution < -0.4 is 0 Å². The minimum absolute atomic E-state index is 0.446. The van der Waals surface area contributed by atoms with Crippen LogP contribution in [0, 0.1) is 0 Å². The molecule has 0 aromatic heterocycles. The summed E-state index contributed by atoms with van der Waals surface area (Å²) in [5, 5.41) is 0. The van der Waals surface area contributed by atoms with Gasteiger partial charge in [0.25, 0.3) is 0 Å². The van der Waals surface area contributed by atoms with E-state index in [4.69, 9.17) is 4.43 Å². The molecule has 0 radical (unpaired) electrons. The fourth-order valence-corrected chi connectivity index (χ4v) is 1.92. The van der Waals surface area contributed by atoms with E-state index >= 15 is 0 Å². The van der Waals surface area contributed by atoms with E-state index in [1.54, 1.807) is 0 Å². The molecule has 0 N–H and O–H groups in total. The van der Waals surface area contributed by atoms with Crippen LogP contribution in [-0.4, -0.2) is 28.8 Å². The summed E-state index contributed by atoms with van der Waals surface area (Å²) in [6.07, 6.45) is 4.38. The Morgan fingerprint density at radius 1 is 1.29 bits per heavy atom. The molecule has 0 aliphatic carbocycles. The van der Waals surface area contributed by atoms with Crippen LogP contribution in [0.4, 0.5) is 0 Å². The third-order valence-electron chi connectivity index (χ3n) is 1.55. The van der Waals surface area contributed by atoms with E-state index in [2.05, 4.69) is 11.7 Å². The third-order valence-corrected chi connectivity index (χ3v) is 2.83. The van der Waals surface area contributed by atoms with Gasteiger partial charge in [0.05, 0.1) is 7.11 Å². The molecule has 0 aromatic carbocycles. The molecule has 80 valence electrons. The molecule has 0 aromatic rings. The average Bonchev–Trinajstić information content (AvgIpc) is 2.21. The number of methoxy groups -OCH3 is 1. The molecule has 0 amide bonds. The zero-order valence-corrected chi connectivity index (χ0v) is 10.0. The van der Waals surface area contributed by atoms with Crippen LogP contribution in [0.15, 0.2) is 12.2 Å². The van der Waals surface area contributed by atoms with E-state index in [-0.39, 0.29) is 0 Å². The first kappa shape index (κ1) is 12.9. The van der Waals surface area contributed by atoms with Gasteiger partial charge in [0.15, 0.2) is 0 Å². The number of unbranched alkanes of at least 4 members (excludes halogenated alkanes) is 1. The number of esters is 1. The molecule has 0 heterocycles. The van der Waals surface area contributed by atoms with Crippen LogP contribution in [0.5, 0.6) is 0 Å². The predicted octanol–water partition coefficient (Wildman–Crippen LogP) is 0.561. The van der Waals surface area contributed by atoms with Gasteiger partial charge < -0.3 is 9.16 Å². The van der Waals surface area contributed by atoms with Crippen molar-refractivity contribution in [2.24, 2.45) is 0 Å². The van der Waals surface area contributed by atoms with E-state index in [1.807, 2.05) is 0 Å². The summed E-state index contributed by atoms with van der Waals surface area (Å²) in [5.41, 5.74) is 0. The molecule has 0 aliphatic heterocycles. The molecule has 5 heteroatoms. The summed E-state index contributed by atoms with van der Waals surface area (Å²) in [6.45, 7) is 2.09. The number of hydrogen-bond acceptors (Lipinski definition) is 4. The molecule has 0 unspecified atom stereocenters. The van der Waals surface area contributed by atoms with Gasteiger partial charge in [-0.1, -0.05) is 19.8 Å². The maximum Gasteiger partial charge on any atom is 0.330 e. The van der Waals surface area contributed by atoms with Crippen LogP contribution in [0.3, 0.4) is 0 Å². The number of carbonyl (C=O) groups is 2. The van der Waals surface area contributed by atoms with Crippen molar-refractivity contribution < 1.29 is 18.8 Å². The van der Waals surface area contributed by atoms with Crippen LogP contribution in [0.25, 0.3) is 0 Å². The third kappa shape index (κ3) is 7.54. The molecule has 0 saturated carbocycles. The van der Waals surface area contributed by atoms with Gasteiger partial charge in [-0.2, -0.15) is 0 Å². The number of ether oxygens (including phenoxy) is 1. The highest BCUT2D eigenvalue weighted by Gasteiger charge is 1.98. The highest BCUT2D eigenvalue weighted by atomic mass is 28.2. The quantitative estimate of drug-likeness (QED) is 0.282. The van der Waals surface area contributed by atoms with E-state index in [0.29, 0.717) is 0 Å². The van der Waals surface area contributed by atoms with Gasteiger partial charge in [0.1, 0.15) is 0 Å². The Labute approximate surface area is 86.2 Å². The first-order valence-corrected chi connectivity index (χ1v) is 6.21. The normalized spacial score (nSPS) is 11.0. The largest absolute Gasteiger partial charge is 0.522 e. The maximum absolute atomic E-state index is 10.9. The first-order valence-electron chi connectivity index (χ1n) is 4.63. The molecule has 0 atom stereocenters. The lowest BCUT2D eigenvalue weighted by Gasteiger charge is -1.99. The molecule has 0 saturated heterocycles. The van der Waals surface area contributed by atoms with Crippen molar-refractivity contribution in [1.82, 2.24) is 0 Å². The van der Waals surface area contributed by atoms with Crippen LogP contribution in [0.1, 0.15) is 19.8 Å². The second-order valence-corrected chi connectivity index (χ2v) is 4.14. The summed E-state index contributed by atoms with van der Waals surface area (Å²) in [5.74, 6) is -0.990. The number of hydrogen-bond donors (Lipinski definition) is 0. The second-order valence-electron chi connectivity index (χ2n) is 2.73. The van der Waals surface area contributed by atoms with Gasteiger partial charge in [0.2, 0.25) is 9.76 Å². The molecule has 0 spiro atoms. The molecule has 4 nitrogen and oxygen atoms in total. The highest BCUT2D eigenvalue weighted by molar-refractivity contribution is 6.31. The molecule has 0 fully saturated rings. The van der Waals surface area contributed by atoms with Crippen molar-refractivity contribution in [3.05, 3.63) is 12.2 Å². The summed E-state index contributed by atoms with van der Waals surface area (Å²) < 4.78 is 9.27. The Morgan fingerprint density at radius 3 is 2.50 bits per heavy atom. The van der Waals surface area contributed by atoms with Gasteiger partial charge in [-0.15, -0.1) is 0 Å². The fourth-order valence-electron chi connectivity index (χ4n) is 0.777. The number of carbonyl (C=O) groups excluding carboxylic acids is 2. The zero-order chi connectivity index (χ0) is 10.8. The Kier molecular flexibility index (Phi) is 7.82. The van der Waals surface area contributed by atoms with Gasteiger partial charge in [-0.25, -0.2) is 9.59 Å². The van der Waals surface area contributed by atoms with E-state index in [0.717, 1.165) is 31.0 Å². The maximum atomic E-state index is 10.9. The lowest BCUT2D eigenvalue weighted by atomic mass is 10.4. The molecule has 0 rings (SSSR count). The fraction of sp³-hybridized carbons (Fsp3) is 0.556. The monoisotopic (exact) mass is 216 g/mol. The van der Waals surface area contributed by atoms with Gasteiger partial charge in [-0.3, -0.25) is 0 Å².